The number of hydrazine groups is 1. The summed E-state index contributed by atoms with van der Waals surface area (Å²) >= 11 is 0. The topological polar surface area (TPSA) is 68.8 Å². The fourth-order valence-electron chi connectivity index (χ4n) is 2.94. The van der Waals surface area contributed by atoms with Crippen LogP contribution >= 0.6 is 0 Å². The maximum atomic E-state index is 5.87. The van der Waals surface area contributed by atoms with Gasteiger partial charge in [0, 0.05) is 36.1 Å². The van der Waals surface area contributed by atoms with Gasteiger partial charge in [-0.2, -0.15) is 5.10 Å². The van der Waals surface area contributed by atoms with Crippen LogP contribution in [0.2, 0.25) is 0 Å². The molecule has 3 N–H and O–H groups in total. The minimum absolute atomic E-state index is 0.0928. The molecule has 2 aromatic heterocycles. The molecule has 0 bridgehead atoms. The van der Waals surface area contributed by atoms with Crippen LogP contribution in [0.1, 0.15) is 28.6 Å². The zero-order chi connectivity index (χ0) is 15.0. The van der Waals surface area contributed by atoms with E-state index in [1.807, 2.05) is 43.2 Å². The molecule has 108 valence electrons. The van der Waals surface area contributed by atoms with Crippen molar-refractivity contribution in [2.24, 2.45) is 12.9 Å². The molecule has 3 aromatic rings. The third-order valence-electron chi connectivity index (χ3n) is 4.05. The van der Waals surface area contributed by atoms with E-state index >= 15 is 0 Å². The van der Waals surface area contributed by atoms with E-state index in [2.05, 4.69) is 34.6 Å². The average Bonchev–Trinajstić information content (AvgIpc) is 2.75. The maximum absolute atomic E-state index is 5.87. The largest absolute Gasteiger partial charge is 0.272 e. The Morgan fingerprint density at radius 3 is 2.71 bits per heavy atom. The number of benzene rings is 1. The molecular weight excluding hydrogens is 262 g/mol. The lowest BCUT2D eigenvalue weighted by Gasteiger charge is -2.19. The fourth-order valence-corrected chi connectivity index (χ4v) is 2.94. The van der Waals surface area contributed by atoms with E-state index in [1.54, 1.807) is 0 Å². The number of nitrogens with two attached hydrogens (primary N) is 1. The number of nitrogens with zero attached hydrogens (tertiary/aromatic N) is 3. The molecule has 1 unspecified atom stereocenters. The van der Waals surface area contributed by atoms with Gasteiger partial charge < -0.3 is 0 Å². The third kappa shape index (κ3) is 2.20. The smallest absolute Gasteiger partial charge is 0.0752 e. The summed E-state index contributed by atoms with van der Waals surface area (Å²) in [6.45, 7) is 4.08. The van der Waals surface area contributed by atoms with Gasteiger partial charge in [0.2, 0.25) is 0 Å². The number of hydrogen-bond acceptors (Lipinski definition) is 4. The molecule has 3 rings (SSSR count). The first-order chi connectivity index (χ1) is 10.1. The van der Waals surface area contributed by atoms with Crippen LogP contribution in [0.3, 0.4) is 0 Å². The Labute approximate surface area is 123 Å². The van der Waals surface area contributed by atoms with Gasteiger partial charge in [0.1, 0.15) is 0 Å². The van der Waals surface area contributed by atoms with Crippen LogP contribution in [-0.2, 0) is 7.05 Å². The zero-order valence-corrected chi connectivity index (χ0v) is 12.5. The molecule has 5 nitrogen and oxygen atoms in total. The normalized spacial score (nSPS) is 12.8. The number of nitrogens with one attached hydrogen (secondary N) is 1. The number of aryl methyl sites for hydroxylation is 2. The summed E-state index contributed by atoms with van der Waals surface area (Å²) in [5.74, 6) is 5.87. The first-order valence-electron chi connectivity index (χ1n) is 6.92. The highest BCUT2D eigenvalue weighted by Gasteiger charge is 2.22. The predicted octanol–water partition coefficient (Wildman–Crippen LogP) is 2.14. The van der Waals surface area contributed by atoms with E-state index in [-0.39, 0.29) is 6.04 Å². The van der Waals surface area contributed by atoms with Crippen LogP contribution in [0.15, 0.2) is 36.7 Å². The highest BCUT2D eigenvalue weighted by Crippen LogP contribution is 2.31. The Bertz CT molecular complexity index is 785. The fraction of sp³-hybridized carbons (Fsp3) is 0.250. The molecule has 1 aromatic carbocycles. The average molecular weight is 281 g/mol. The van der Waals surface area contributed by atoms with Crippen LogP contribution in [0.4, 0.5) is 0 Å². The molecule has 0 saturated heterocycles. The Morgan fingerprint density at radius 2 is 2.05 bits per heavy atom. The van der Waals surface area contributed by atoms with Crippen LogP contribution < -0.4 is 11.3 Å². The summed E-state index contributed by atoms with van der Waals surface area (Å²) < 4.78 is 1.89. The molecule has 0 radical (unpaired) electrons. The first kappa shape index (κ1) is 13.7. The van der Waals surface area contributed by atoms with Gasteiger partial charge in [0.05, 0.1) is 11.7 Å². The second-order valence-electron chi connectivity index (χ2n) is 5.25. The number of hydrogen-bond donors (Lipinski definition) is 2. The van der Waals surface area contributed by atoms with Crippen molar-refractivity contribution in [1.29, 1.82) is 0 Å². The van der Waals surface area contributed by atoms with Crippen molar-refractivity contribution in [1.82, 2.24) is 20.2 Å². The molecule has 5 heteroatoms. The maximum Gasteiger partial charge on any atom is 0.0752 e. The Morgan fingerprint density at radius 1 is 1.24 bits per heavy atom. The van der Waals surface area contributed by atoms with Crippen molar-refractivity contribution in [3.63, 3.8) is 0 Å². The van der Waals surface area contributed by atoms with Crippen LogP contribution in [-0.4, -0.2) is 14.8 Å². The number of fused-ring (bicyclic) bond motifs is 1. The van der Waals surface area contributed by atoms with Gasteiger partial charge >= 0.3 is 0 Å². The number of rotatable bonds is 3. The molecule has 0 aliphatic heterocycles. The quantitative estimate of drug-likeness (QED) is 0.570. The summed E-state index contributed by atoms with van der Waals surface area (Å²) in [7, 11) is 1.95. The minimum atomic E-state index is -0.0928. The number of aromatic nitrogens is 3. The van der Waals surface area contributed by atoms with Crippen molar-refractivity contribution in [3.8, 4) is 0 Å². The van der Waals surface area contributed by atoms with Crippen LogP contribution in [0.5, 0.6) is 0 Å². The van der Waals surface area contributed by atoms with Crippen molar-refractivity contribution < 1.29 is 0 Å². The van der Waals surface area contributed by atoms with E-state index < -0.39 is 0 Å². The highest BCUT2D eigenvalue weighted by molar-refractivity contribution is 5.85. The molecule has 0 fully saturated rings. The van der Waals surface area contributed by atoms with Gasteiger partial charge in [-0.05, 0) is 30.9 Å². The monoisotopic (exact) mass is 281 g/mol. The van der Waals surface area contributed by atoms with E-state index in [4.69, 9.17) is 5.84 Å². The van der Waals surface area contributed by atoms with Gasteiger partial charge in [-0.3, -0.25) is 15.5 Å². The summed E-state index contributed by atoms with van der Waals surface area (Å²) in [4.78, 5) is 4.18. The molecule has 0 aliphatic rings. The van der Waals surface area contributed by atoms with Gasteiger partial charge in [-0.15, -0.1) is 0 Å². The summed E-state index contributed by atoms with van der Waals surface area (Å²) in [6.07, 6.45) is 3.68. The molecule has 21 heavy (non-hydrogen) atoms. The van der Waals surface area contributed by atoms with E-state index in [0.29, 0.717) is 0 Å². The van der Waals surface area contributed by atoms with E-state index in [1.165, 1.54) is 0 Å². The standard InChI is InChI=1S/C16H19N5/c1-10-15(11(2)21(3)20-10)16(19-17)14-6-4-5-12-9-18-8-7-13(12)14/h4-9,16,19H,17H2,1-3H3. The predicted molar refractivity (Wildman–Crippen MR) is 83.6 cm³/mol. The van der Waals surface area contributed by atoms with Gasteiger partial charge in [-0.1, -0.05) is 18.2 Å². The van der Waals surface area contributed by atoms with Crippen molar-refractivity contribution in [2.45, 2.75) is 19.9 Å². The zero-order valence-electron chi connectivity index (χ0n) is 12.5. The molecule has 1 atom stereocenters. The molecule has 0 amide bonds. The third-order valence-corrected chi connectivity index (χ3v) is 4.05. The molecular formula is C16H19N5. The Hall–Kier alpha value is -2.24. The first-order valence-corrected chi connectivity index (χ1v) is 6.92. The summed E-state index contributed by atoms with van der Waals surface area (Å²) in [5, 5.41) is 6.75. The number of pyridine rings is 1. The second-order valence-corrected chi connectivity index (χ2v) is 5.25. The summed E-state index contributed by atoms with van der Waals surface area (Å²) in [6, 6.07) is 8.12. The lowest BCUT2D eigenvalue weighted by Crippen LogP contribution is -2.29. The molecule has 0 spiro atoms. The van der Waals surface area contributed by atoms with E-state index in [9.17, 15) is 0 Å². The SMILES string of the molecule is Cc1nn(C)c(C)c1C(NN)c1cccc2cnccc12. The summed E-state index contributed by atoms with van der Waals surface area (Å²) in [5.41, 5.74) is 7.32. The molecule has 2 heterocycles. The lowest BCUT2D eigenvalue weighted by molar-refractivity contribution is 0.632. The second kappa shape index (κ2) is 5.27. The van der Waals surface area contributed by atoms with Crippen molar-refractivity contribution >= 4 is 10.8 Å². The minimum Gasteiger partial charge on any atom is -0.272 e. The Kier molecular flexibility index (Phi) is 3.45. The molecule has 0 saturated carbocycles. The van der Waals surface area contributed by atoms with E-state index in [0.717, 1.165) is 33.3 Å². The van der Waals surface area contributed by atoms with Gasteiger partial charge in [-0.25, -0.2) is 5.43 Å². The van der Waals surface area contributed by atoms with Crippen molar-refractivity contribution in [3.05, 3.63) is 59.2 Å². The van der Waals surface area contributed by atoms with Crippen molar-refractivity contribution in [2.75, 3.05) is 0 Å². The Balaban J connectivity index is 2.23. The van der Waals surface area contributed by atoms with Gasteiger partial charge in [0.15, 0.2) is 0 Å². The van der Waals surface area contributed by atoms with Gasteiger partial charge in [0.25, 0.3) is 0 Å². The lowest BCUT2D eigenvalue weighted by atomic mass is 9.93. The molecule has 0 aliphatic carbocycles. The van der Waals surface area contributed by atoms with Crippen LogP contribution in [0, 0.1) is 13.8 Å². The van der Waals surface area contributed by atoms with Crippen LogP contribution in [0.25, 0.3) is 10.8 Å². The highest BCUT2D eigenvalue weighted by atomic mass is 15.3.